The first-order chi connectivity index (χ1) is 12.1. The van der Waals surface area contributed by atoms with Crippen LogP contribution in [0.25, 0.3) is 5.69 Å². The van der Waals surface area contributed by atoms with Crippen LogP contribution in [0, 0.1) is 5.82 Å². The van der Waals surface area contributed by atoms with Crippen molar-refractivity contribution in [1.29, 1.82) is 0 Å². The molecule has 1 amide bonds. The van der Waals surface area contributed by atoms with Crippen LogP contribution in [0.1, 0.15) is 16.1 Å². The van der Waals surface area contributed by atoms with Crippen LogP contribution in [0.15, 0.2) is 59.2 Å². The molecule has 3 rings (SSSR count). The van der Waals surface area contributed by atoms with Gasteiger partial charge in [0.25, 0.3) is 5.91 Å². The molecule has 0 fully saturated rings. The smallest absolute Gasteiger partial charge is 0.272 e. The molecule has 0 atom stereocenters. The van der Waals surface area contributed by atoms with E-state index in [1.54, 1.807) is 37.6 Å². The Kier molecular flexibility index (Phi) is 5.14. The van der Waals surface area contributed by atoms with Gasteiger partial charge in [-0.2, -0.15) is 5.10 Å². The van der Waals surface area contributed by atoms with Gasteiger partial charge in [0.2, 0.25) is 0 Å². The first-order valence-corrected chi connectivity index (χ1v) is 8.29. The number of nitrogens with one attached hydrogen (secondary N) is 1. The molecule has 1 heterocycles. The summed E-state index contributed by atoms with van der Waals surface area (Å²) in [5, 5.41) is 6.92. The fraction of sp³-hybridized carbons (Fsp3) is 0.111. The van der Waals surface area contributed by atoms with Gasteiger partial charge in [0.15, 0.2) is 5.69 Å². The number of aromatic nitrogens is 2. The maximum Gasteiger partial charge on any atom is 0.272 e. The Morgan fingerprint density at radius 1 is 1.28 bits per heavy atom. The van der Waals surface area contributed by atoms with Gasteiger partial charge < -0.3 is 10.1 Å². The number of hydrogen-bond donors (Lipinski definition) is 1. The number of benzene rings is 2. The molecule has 0 saturated heterocycles. The van der Waals surface area contributed by atoms with Crippen LogP contribution in [0.3, 0.4) is 0 Å². The minimum absolute atomic E-state index is 0.218. The lowest BCUT2D eigenvalue weighted by atomic mass is 10.2. The summed E-state index contributed by atoms with van der Waals surface area (Å²) in [6.07, 6.45) is 1.55. The van der Waals surface area contributed by atoms with Gasteiger partial charge in [-0.1, -0.05) is 18.2 Å². The maximum atomic E-state index is 13.8. The van der Waals surface area contributed by atoms with E-state index in [0.717, 1.165) is 15.8 Å². The molecule has 25 heavy (non-hydrogen) atoms. The van der Waals surface area contributed by atoms with Crippen LogP contribution >= 0.6 is 15.9 Å². The van der Waals surface area contributed by atoms with Crippen molar-refractivity contribution < 1.29 is 13.9 Å². The molecular formula is C18H15BrFN3O2. The number of carbonyl (C=O) groups excluding carboxylic acids is 1. The molecule has 0 spiro atoms. The molecule has 3 aromatic rings. The van der Waals surface area contributed by atoms with E-state index in [9.17, 15) is 9.18 Å². The largest absolute Gasteiger partial charge is 0.496 e. The van der Waals surface area contributed by atoms with Crippen molar-refractivity contribution in [2.24, 2.45) is 0 Å². The highest BCUT2D eigenvalue weighted by Crippen LogP contribution is 2.25. The van der Waals surface area contributed by atoms with Crippen LogP contribution in [0.2, 0.25) is 0 Å². The Bertz CT molecular complexity index is 911. The lowest BCUT2D eigenvalue weighted by Crippen LogP contribution is -2.23. The van der Waals surface area contributed by atoms with E-state index < -0.39 is 5.82 Å². The van der Waals surface area contributed by atoms with E-state index in [-0.39, 0.29) is 11.6 Å². The molecule has 0 radical (unpaired) electrons. The number of rotatable bonds is 5. The van der Waals surface area contributed by atoms with Crippen molar-refractivity contribution >= 4 is 21.8 Å². The van der Waals surface area contributed by atoms with Gasteiger partial charge in [-0.3, -0.25) is 4.79 Å². The SMILES string of the molecule is COc1ccc(CNC(=O)c2ccn(-c3ccccc3F)n2)cc1Br. The summed E-state index contributed by atoms with van der Waals surface area (Å²) in [4.78, 5) is 12.2. The van der Waals surface area contributed by atoms with E-state index >= 15 is 0 Å². The molecule has 0 unspecified atom stereocenters. The summed E-state index contributed by atoms with van der Waals surface area (Å²) in [5.74, 6) is -0.0126. The summed E-state index contributed by atoms with van der Waals surface area (Å²) >= 11 is 3.41. The molecule has 1 aromatic heterocycles. The quantitative estimate of drug-likeness (QED) is 0.706. The zero-order valence-electron chi connectivity index (χ0n) is 13.4. The second kappa shape index (κ2) is 7.48. The van der Waals surface area contributed by atoms with Gasteiger partial charge in [0.05, 0.1) is 11.6 Å². The number of ether oxygens (including phenoxy) is 1. The second-order valence-corrected chi connectivity index (χ2v) is 6.10. The van der Waals surface area contributed by atoms with Crippen LogP contribution in [-0.4, -0.2) is 22.8 Å². The molecule has 0 aliphatic heterocycles. The predicted molar refractivity (Wildman–Crippen MR) is 95.4 cm³/mol. The van der Waals surface area contributed by atoms with Crippen LogP contribution in [0.5, 0.6) is 5.75 Å². The number of hydrogen-bond acceptors (Lipinski definition) is 3. The van der Waals surface area contributed by atoms with E-state index in [0.29, 0.717) is 12.2 Å². The molecule has 1 N–H and O–H groups in total. The lowest BCUT2D eigenvalue weighted by molar-refractivity contribution is 0.0945. The zero-order chi connectivity index (χ0) is 17.8. The Hall–Kier alpha value is -2.67. The average Bonchev–Trinajstić information content (AvgIpc) is 3.10. The lowest BCUT2D eigenvalue weighted by Gasteiger charge is -2.07. The molecule has 7 heteroatoms. The number of nitrogens with zero attached hydrogens (tertiary/aromatic N) is 2. The van der Waals surface area contributed by atoms with Gasteiger partial charge in [0.1, 0.15) is 17.3 Å². The Labute approximate surface area is 152 Å². The molecule has 0 aliphatic rings. The van der Waals surface area contributed by atoms with Gasteiger partial charge in [-0.15, -0.1) is 0 Å². The number of carbonyl (C=O) groups is 1. The topological polar surface area (TPSA) is 56.1 Å². The van der Waals surface area contributed by atoms with Crippen LogP contribution < -0.4 is 10.1 Å². The van der Waals surface area contributed by atoms with Gasteiger partial charge in [0, 0.05) is 12.7 Å². The summed E-state index contributed by atoms with van der Waals surface area (Å²) in [5.41, 5.74) is 1.42. The molecule has 0 bridgehead atoms. The highest BCUT2D eigenvalue weighted by Gasteiger charge is 2.12. The van der Waals surface area contributed by atoms with Gasteiger partial charge >= 0.3 is 0 Å². The minimum atomic E-state index is -0.402. The van der Waals surface area contributed by atoms with Crippen molar-refractivity contribution in [1.82, 2.24) is 15.1 Å². The second-order valence-electron chi connectivity index (χ2n) is 5.25. The standard InChI is InChI=1S/C18H15BrFN3O2/c1-25-17-7-6-12(10-13(17)19)11-21-18(24)15-8-9-23(22-15)16-5-3-2-4-14(16)20/h2-10H,11H2,1H3,(H,21,24). The summed E-state index contributed by atoms with van der Waals surface area (Å²) in [7, 11) is 1.59. The first kappa shape index (κ1) is 17.2. The Balaban J connectivity index is 1.68. The van der Waals surface area contributed by atoms with Crippen molar-refractivity contribution in [2.45, 2.75) is 6.54 Å². The van der Waals surface area contributed by atoms with Crippen molar-refractivity contribution in [3.8, 4) is 11.4 Å². The third-order valence-corrected chi connectivity index (χ3v) is 4.21. The maximum absolute atomic E-state index is 13.8. The summed E-state index contributed by atoms with van der Waals surface area (Å²) < 4.78 is 21.1. The van der Waals surface area contributed by atoms with E-state index in [1.165, 1.54) is 10.7 Å². The predicted octanol–water partition coefficient (Wildman–Crippen LogP) is 3.71. The Morgan fingerprint density at radius 3 is 2.80 bits per heavy atom. The molecule has 128 valence electrons. The highest BCUT2D eigenvalue weighted by atomic mass is 79.9. The first-order valence-electron chi connectivity index (χ1n) is 7.49. The molecule has 5 nitrogen and oxygen atoms in total. The monoisotopic (exact) mass is 403 g/mol. The van der Waals surface area contributed by atoms with Crippen LogP contribution in [0.4, 0.5) is 4.39 Å². The fourth-order valence-corrected chi connectivity index (χ4v) is 2.90. The van der Waals surface area contributed by atoms with Crippen LogP contribution in [-0.2, 0) is 6.54 Å². The molecule has 0 aliphatic carbocycles. The van der Waals surface area contributed by atoms with Crippen molar-refractivity contribution in [3.05, 3.63) is 76.3 Å². The van der Waals surface area contributed by atoms with E-state index in [1.807, 2.05) is 18.2 Å². The Morgan fingerprint density at radius 2 is 2.08 bits per heavy atom. The number of amides is 1. The van der Waals surface area contributed by atoms with E-state index in [4.69, 9.17) is 4.74 Å². The number of halogens is 2. The number of para-hydroxylation sites is 1. The molecular weight excluding hydrogens is 389 g/mol. The normalized spacial score (nSPS) is 10.5. The van der Waals surface area contributed by atoms with E-state index in [2.05, 4.69) is 26.3 Å². The number of methoxy groups -OCH3 is 1. The summed E-state index contributed by atoms with van der Waals surface area (Å²) in [6.45, 7) is 0.341. The summed E-state index contributed by atoms with van der Waals surface area (Å²) in [6, 6.07) is 13.4. The third-order valence-electron chi connectivity index (χ3n) is 3.59. The average molecular weight is 404 g/mol. The third kappa shape index (κ3) is 3.88. The van der Waals surface area contributed by atoms with Gasteiger partial charge in [-0.05, 0) is 51.8 Å². The van der Waals surface area contributed by atoms with Crippen molar-refractivity contribution in [3.63, 3.8) is 0 Å². The fourth-order valence-electron chi connectivity index (χ4n) is 2.31. The molecule has 2 aromatic carbocycles. The minimum Gasteiger partial charge on any atom is -0.496 e. The van der Waals surface area contributed by atoms with Crippen molar-refractivity contribution in [2.75, 3.05) is 7.11 Å². The zero-order valence-corrected chi connectivity index (χ0v) is 15.0. The highest BCUT2D eigenvalue weighted by molar-refractivity contribution is 9.10. The molecule has 0 saturated carbocycles. The van der Waals surface area contributed by atoms with Gasteiger partial charge in [-0.25, -0.2) is 9.07 Å².